The fraction of sp³-hybridized carbons (Fsp3) is 0. The average Bonchev–Trinajstić information content (AvgIpc) is 1.44. The Morgan fingerprint density at radius 3 is 0.862 bits per heavy atom. The van der Waals surface area contributed by atoms with E-state index in [0.717, 1.165) is 122 Å². The van der Waals surface area contributed by atoms with Gasteiger partial charge in [-0.3, -0.25) is 9.97 Å². The Bertz CT molecular complexity index is 8560. The summed E-state index contributed by atoms with van der Waals surface area (Å²) in [5.41, 5.74) is 30.4. The molecular weight excluding hydrogens is 1580 g/mol. The van der Waals surface area contributed by atoms with Crippen molar-refractivity contribution in [3.63, 3.8) is 0 Å². The topological polar surface area (TPSA) is 87.2 Å². The van der Waals surface area contributed by atoms with Crippen LogP contribution in [0, 0.1) is 0 Å². The lowest BCUT2D eigenvalue weighted by molar-refractivity contribution is 1.17. The zero-order chi connectivity index (χ0) is 86.0. The molecule has 6 aromatic heterocycles. The summed E-state index contributed by atoms with van der Waals surface area (Å²) < 4.78 is 4.66. The van der Waals surface area contributed by atoms with Gasteiger partial charge in [0.2, 0.25) is 0 Å². The number of aromatic nitrogens is 8. The molecule has 606 valence electrons. The Morgan fingerprint density at radius 1 is 0.154 bits per heavy atom. The van der Waals surface area contributed by atoms with E-state index < -0.39 is 0 Å². The summed E-state index contributed by atoms with van der Waals surface area (Å²) in [5.74, 6) is 1.34. The zero-order valence-electron chi connectivity index (χ0n) is 70.6. The normalized spacial score (nSPS) is 11.5. The van der Waals surface area contributed by atoms with Gasteiger partial charge in [0.15, 0.2) is 11.6 Å². The fourth-order valence-corrected chi connectivity index (χ4v) is 19.5. The Hall–Kier alpha value is -17.5. The number of fused-ring (bicyclic) bond motifs is 11. The highest BCUT2D eigenvalue weighted by Crippen LogP contribution is 2.48. The maximum absolute atomic E-state index is 5.43. The summed E-state index contributed by atoms with van der Waals surface area (Å²) in [4.78, 5) is 30.5. The van der Waals surface area contributed by atoms with Crippen LogP contribution in [0.25, 0.3) is 243 Å². The SMILES string of the molecule is c1ccc(-c2ccc(-n3c4ccncc4c4cc(-c5cc(-c6ccc7ccccc7c6)nc(-c6cccc(-c7c8ccccc8c(-c8ccccc8)c8ccccc78)c6)n5)ccc43)cc2)cc1.c1ccc(-c2ccc(-n3c4ccncc4c4cc(-c5cc(-c6ccccc6)nc(-c6ccc(-c7c8ccccc8c(-c8ccccc8)c8ccccc78)cc6)n5)ccc43)cc2)cc1. The summed E-state index contributed by atoms with van der Waals surface area (Å²) in [6.07, 6.45) is 7.70. The number of pyridine rings is 2. The highest BCUT2D eigenvalue weighted by atomic mass is 15.0. The van der Waals surface area contributed by atoms with Crippen LogP contribution in [0.15, 0.2) is 474 Å². The molecule has 6 heterocycles. The van der Waals surface area contributed by atoms with Crippen LogP contribution in [0.2, 0.25) is 0 Å². The second-order valence-electron chi connectivity index (χ2n) is 33.2. The second-order valence-corrected chi connectivity index (χ2v) is 33.2. The van der Waals surface area contributed by atoms with Crippen LogP contribution in [0.1, 0.15) is 0 Å². The minimum Gasteiger partial charge on any atom is -0.309 e. The van der Waals surface area contributed by atoms with Crippen LogP contribution in [-0.4, -0.2) is 39.0 Å². The van der Waals surface area contributed by atoms with Crippen molar-refractivity contribution in [2.75, 3.05) is 0 Å². The van der Waals surface area contributed by atoms with Gasteiger partial charge in [0.05, 0.1) is 44.8 Å². The molecule has 0 N–H and O–H groups in total. The molecule has 25 rings (SSSR count). The van der Waals surface area contributed by atoms with Crippen LogP contribution in [0.4, 0.5) is 0 Å². The third-order valence-electron chi connectivity index (χ3n) is 25.6. The summed E-state index contributed by atoms with van der Waals surface area (Å²) in [7, 11) is 0. The molecule has 0 aliphatic carbocycles. The van der Waals surface area contributed by atoms with E-state index in [9.17, 15) is 0 Å². The molecule has 0 saturated carbocycles. The molecule has 19 aromatic carbocycles. The maximum atomic E-state index is 5.43. The van der Waals surface area contributed by atoms with E-state index in [1.54, 1.807) is 0 Å². The van der Waals surface area contributed by atoms with Crippen molar-refractivity contribution in [1.82, 2.24) is 39.0 Å². The number of benzene rings is 19. The minimum atomic E-state index is 0.666. The van der Waals surface area contributed by atoms with E-state index in [1.807, 2.05) is 30.9 Å². The molecule has 0 aliphatic rings. The van der Waals surface area contributed by atoms with Crippen LogP contribution in [0.5, 0.6) is 0 Å². The van der Waals surface area contributed by atoms with Crippen molar-refractivity contribution in [3.05, 3.63) is 474 Å². The predicted molar refractivity (Wildman–Crippen MR) is 541 cm³/mol. The summed E-state index contributed by atoms with van der Waals surface area (Å²) >= 11 is 0. The van der Waals surface area contributed by atoms with E-state index in [1.165, 1.54) is 109 Å². The first-order chi connectivity index (χ1) is 64.5. The van der Waals surface area contributed by atoms with Crippen molar-refractivity contribution in [2.45, 2.75) is 0 Å². The lowest BCUT2D eigenvalue weighted by atomic mass is 9.85. The molecule has 0 spiro atoms. The van der Waals surface area contributed by atoms with Gasteiger partial charge in [-0.2, -0.15) is 0 Å². The molecule has 0 atom stereocenters. The van der Waals surface area contributed by atoms with Gasteiger partial charge in [0.1, 0.15) is 0 Å². The molecule has 0 radical (unpaired) electrons. The molecule has 0 bridgehead atoms. The van der Waals surface area contributed by atoms with E-state index in [0.29, 0.717) is 11.6 Å². The largest absolute Gasteiger partial charge is 0.309 e. The molecule has 25 aromatic rings. The molecular formula is C122H78N8. The number of hydrogen-bond acceptors (Lipinski definition) is 6. The number of hydrogen-bond donors (Lipinski definition) is 0. The van der Waals surface area contributed by atoms with Crippen molar-refractivity contribution in [3.8, 4) is 146 Å². The van der Waals surface area contributed by atoms with Gasteiger partial charge < -0.3 is 9.13 Å². The lowest BCUT2D eigenvalue weighted by Gasteiger charge is -2.18. The predicted octanol–water partition coefficient (Wildman–Crippen LogP) is 31.7. The van der Waals surface area contributed by atoms with Crippen LogP contribution >= 0.6 is 0 Å². The zero-order valence-corrected chi connectivity index (χ0v) is 70.6. The molecule has 8 heteroatoms. The first-order valence-corrected chi connectivity index (χ1v) is 44.1. The first kappa shape index (κ1) is 76.2. The van der Waals surface area contributed by atoms with Crippen molar-refractivity contribution in [1.29, 1.82) is 0 Å². The molecule has 0 fully saturated rings. The van der Waals surface area contributed by atoms with Crippen LogP contribution in [0.3, 0.4) is 0 Å². The second kappa shape index (κ2) is 32.6. The van der Waals surface area contributed by atoms with Crippen LogP contribution in [-0.2, 0) is 0 Å². The monoisotopic (exact) mass is 1650 g/mol. The van der Waals surface area contributed by atoms with Gasteiger partial charge in [-0.05, 0) is 206 Å². The summed E-state index contributed by atoms with van der Waals surface area (Å²) in [6, 6.07) is 160. The Morgan fingerprint density at radius 2 is 0.438 bits per heavy atom. The average molecular weight is 1660 g/mol. The highest BCUT2D eigenvalue weighted by Gasteiger charge is 2.24. The third-order valence-corrected chi connectivity index (χ3v) is 25.6. The van der Waals surface area contributed by atoms with E-state index in [2.05, 4.69) is 462 Å². The minimum absolute atomic E-state index is 0.666. The van der Waals surface area contributed by atoms with Crippen molar-refractivity contribution in [2.24, 2.45) is 0 Å². The highest BCUT2D eigenvalue weighted by molar-refractivity contribution is 6.23. The lowest BCUT2D eigenvalue weighted by Crippen LogP contribution is -1.97. The van der Waals surface area contributed by atoms with Gasteiger partial charge in [-0.15, -0.1) is 0 Å². The first-order valence-electron chi connectivity index (χ1n) is 44.1. The van der Waals surface area contributed by atoms with Crippen molar-refractivity contribution < 1.29 is 0 Å². The molecule has 0 amide bonds. The third kappa shape index (κ3) is 13.8. The Balaban J connectivity index is 0.000000144. The maximum Gasteiger partial charge on any atom is 0.160 e. The van der Waals surface area contributed by atoms with Gasteiger partial charge in [-0.25, -0.2) is 19.9 Å². The Kier molecular flexibility index (Phi) is 19.1. The Labute approximate surface area is 751 Å². The van der Waals surface area contributed by atoms with Gasteiger partial charge in [-0.1, -0.05) is 364 Å². The van der Waals surface area contributed by atoms with E-state index >= 15 is 0 Å². The summed E-state index contributed by atoms with van der Waals surface area (Å²) in [5, 5.41) is 16.5. The van der Waals surface area contributed by atoms with E-state index in [-0.39, 0.29) is 0 Å². The van der Waals surface area contributed by atoms with Crippen molar-refractivity contribution >= 4 is 97.5 Å². The molecule has 8 nitrogen and oxygen atoms in total. The molecule has 0 unspecified atom stereocenters. The molecule has 0 saturated heterocycles. The molecule has 130 heavy (non-hydrogen) atoms. The quantitative estimate of drug-likeness (QED) is 0.101. The van der Waals surface area contributed by atoms with Gasteiger partial charge in [0, 0.05) is 91.1 Å². The summed E-state index contributed by atoms with van der Waals surface area (Å²) in [6.45, 7) is 0. The van der Waals surface area contributed by atoms with Gasteiger partial charge in [0.25, 0.3) is 0 Å². The molecule has 0 aliphatic heterocycles. The van der Waals surface area contributed by atoms with E-state index in [4.69, 9.17) is 19.9 Å². The fourth-order valence-electron chi connectivity index (χ4n) is 19.5. The van der Waals surface area contributed by atoms with Crippen LogP contribution < -0.4 is 0 Å². The number of nitrogens with zero attached hydrogens (tertiary/aromatic N) is 8. The number of rotatable bonds is 14. The standard InChI is InChI=1S/C63H40N4.C59H38N4/c1-3-14-41(15-4-1)43-28-31-50(32-29-43)67-59-33-30-47(38-55(59)56-40-64-35-34-60(56)67)58-39-57(46-27-26-42-16-7-8-19-45(42)36-46)65-63(66-58)49-21-13-20-48(37-49)62-53-24-11-9-22-51(53)61(44-17-5-2-6-18-44)52-23-10-12-25-54(52)62;1-4-14-39(15-5-1)40-28-31-46(32-29-40)63-55-33-30-45(36-51(55)52-38-60-35-34-56(52)63)54-37-53(41-16-6-2-7-17-41)61-59(62-54)44-26-24-43(25-27-44)58-49-22-12-10-20-47(49)57(42-18-8-3-9-19-42)48-21-11-13-23-50(48)58/h1-40H;1-38H. The smallest absolute Gasteiger partial charge is 0.160 e. The van der Waals surface area contributed by atoms with Gasteiger partial charge >= 0.3 is 0 Å².